The van der Waals surface area contributed by atoms with Crippen LogP contribution in [0.15, 0.2) is 34.9 Å². The van der Waals surface area contributed by atoms with Gasteiger partial charge in [0.1, 0.15) is 0 Å². The first-order valence-electron chi connectivity index (χ1n) is 6.04. The molecule has 0 heteroatoms. The van der Waals surface area contributed by atoms with Gasteiger partial charge in [0.05, 0.1) is 0 Å². The lowest BCUT2D eigenvalue weighted by Crippen LogP contribution is -1.86. The van der Waals surface area contributed by atoms with E-state index in [-0.39, 0.29) is 0 Å². The average molecular weight is 206 g/mol. The van der Waals surface area contributed by atoms with Crippen LogP contribution in [0.5, 0.6) is 0 Å². The van der Waals surface area contributed by atoms with Crippen LogP contribution in [0.2, 0.25) is 0 Å². The van der Waals surface area contributed by atoms with E-state index in [0.717, 1.165) is 6.42 Å². The molecule has 0 aromatic carbocycles. The molecule has 0 bridgehead atoms. The van der Waals surface area contributed by atoms with E-state index in [9.17, 15) is 0 Å². The third-order valence-electron chi connectivity index (χ3n) is 2.99. The van der Waals surface area contributed by atoms with Crippen LogP contribution < -0.4 is 0 Å². The summed E-state index contributed by atoms with van der Waals surface area (Å²) >= 11 is 0. The number of hydrogen-bond acceptors (Lipinski definition) is 0. The number of hydrogen-bond donors (Lipinski definition) is 0. The Balaban J connectivity index is 4.47. The van der Waals surface area contributed by atoms with E-state index in [1.807, 2.05) is 0 Å². The molecular formula is C15H26. The van der Waals surface area contributed by atoms with Crippen LogP contribution in [0.1, 0.15) is 54.4 Å². The van der Waals surface area contributed by atoms with Gasteiger partial charge in [-0.2, -0.15) is 0 Å². The van der Waals surface area contributed by atoms with Crippen LogP contribution >= 0.6 is 0 Å². The zero-order valence-electron chi connectivity index (χ0n) is 11.2. The SMILES string of the molecule is CCC(C)=C(C)/C=C\C(C)=C/C(C)CC. The summed E-state index contributed by atoms with van der Waals surface area (Å²) in [7, 11) is 0. The van der Waals surface area contributed by atoms with Crippen molar-refractivity contribution in [3.05, 3.63) is 34.9 Å². The van der Waals surface area contributed by atoms with E-state index in [0.29, 0.717) is 5.92 Å². The van der Waals surface area contributed by atoms with E-state index in [4.69, 9.17) is 0 Å². The number of allylic oxidation sites excluding steroid dienone is 6. The highest BCUT2D eigenvalue weighted by Crippen LogP contribution is 2.11. The Hall–Kier alpha value is -0.780. The lowest BCUT2D eigenvalue weighted by atomic mass is 10.0. The van der Waals surface area contributed by atoms with Crippen molar-refractivity contribution in [2.75, 3.05) is 0 Å². The standard InChI is InChI=1S/C15H26/c1-7-12(3)11-13(4)9-10-15(6)14(5)8-2/h9-12H,7-8H2,1-6H3/b10-9-,13-11-,15-14?. The van der Waals surface area contributed by atoms with Crippen molar-refractivity contribution in [1.29, 1.82) is 0 Å². The predicted octanol–water partition coefficient (Wildman–Crippen LogP) is 5.28. The van der Waals surface area contributed by atoms with Gasteiger partial charge in [-0.15, -0.1) is 0 Å². The van der Waals surface area contributed by atoms with Crippen molar-refractivity contribution in [2.45, 2.75) is 54.4 Å². The molecule has 0 N–H and O–H groups in total. The Morgan fingerprint density at radius 2 is 1.67 bits per heavy atom. The van der Waals surface area contributed by atoms with E-state index < -0.39 is 0 Å². The van der Waals surface area contributed by atoms with Gasteiger partial charge in [-0.25, -0.2) is 0 Å². The Morgan fingerprint density at radius 1 is 1.07 bits per heavy atom. The topological polar surface area (TPSA) is 0 Å². The van der Waals surface area contributed by atoms with E-state index >= 15 is 0 Å². The van der Waals surface area contributed by atoms with Gasteiger partial charge in [-0.1, -0.05) is 62.1 Å². The van der Waals surface area contributed by atoms with Gasteiger partial charge in [0.15, 0.2) is 0 Å². The minimum atomic E-state index is 0.686. The summed E-state index contributed by atoms with van der Waals surface area (Å²) in [6.07, 6.45) is 9.15. The van der Waals surface area contributed by atoms with E-state index in [2.05, 4.69) is 59.8 Å². The predicted molar refractivity (Wildman–Crippen MR) is 71.0 cm³/mol. The molecule has 0 fully saturated rings. The van der Waals surface area contributed by atoms with Gasteiger partial charge >= 0.3 is 0 Å². The molecule has 0 aromatic rings. The van der Waals surface area contributed by atoms with Gasteiger partial charge in [0.25, 0.3) is 0 Å². The molecule has 0 spiro atoms. The van der Waals surface area contributed by atoms with Crippen LogP contribution in [-0.4, -0.2) is 0 Å². The summed E-state index contributed by atoms with van der Waals surface area (Å²) in [6.45, 7) is 13.3. The highest BCUT2D eigenvalue weighted by molar-refractivity contribution is 5.28. The van der Waals surface area contributed by atoms with Crippen molar-refractivity contribution >= 4 is 0 Å². The Labute approximate surface area is 95.8 Å². The highest BCUT2D eigenvalue weighted by Gasteiger charge is 1.93. The minimum Gasteiger partial charge on any atom is -0.0788 e. The fourth-order valence-electron chi connectivity index (χ4n) is 1.30. The number of rotatable bonds is 5. The second-order valence-corrected chi connectivity index (χ2v) is 4.45. The molecule has 0 amide bonds. The molecule has 0 aliphatic carbocycles. The second-order valence-electron chi connectivity index (χ2n) is 4.45. The molecule has 0 heterocycles. The van der Waals surface area contributed by atoms with Crippen molar-refractivity contribution in [2.24, 2.45) is 5.92 Å². The summed E-state index contributed by atoms with van der Waals surface area (Å²) < 4.78 is 0. The van der Waals surface area contributed by atoms with Crippen molar-refractivity contribution in [3.63, 3.8) is 0 Å². The van der Waals surface area contributed by atoms with Gasteiger partial charge in [0, 0.05) is 0 Å². The van der Waals surface area contributed by atoms with Crippen LogP contribution in [0.3, 0.4) is 0 Å². The fraction of sp³-hybridized carbons (Fsp3) is 0.600. The molecule has 0 rings (SSSR count). The van der Waals surface area contributed by atoms with Crippen LogP contribution in [0.25, 0.3) is 0 Å². The Morgan fingerprint density at radius 3 is 2.13 bits per heavy atom. The lowest BCUT2D eigenvalue weighted by molar-refractivity contribution is 0.694. The quantitative estimate of drug-likeness (QED) is 0.537. The molecule has 1 atom stereocenters. The molecule has 15 heavy (non-hydrogen) atoms. The first kappa shape index (κ1) is 14.2. The first-order chi connectivity index (χ1) is 7.01. The molecule has 0 saturated carbocycles. The van der Waals surface area contributed by atoms with Gasteiger partial charge in [-0.3, -0.25) is 0 Å². The van der Waals surface area contributed by atoms with Gasteiger partial charge in [0.2, 0.25) is 0 Å². The van der Waals surface area contributed by atoms with Crippen LogP contribution in [-0.2, 0) is 0 Å². The summed E-state index contributed by atoms with van der Waals surface area (Å²) in [5.41, 5.74) is 4.24. The summed E-state index contributed by atoms with van der Waals surface area (Å²) in [4.78, 5) is 0. The molecule has 0 aliphatic heterocycles. The third-order valence-corrected chi connectivity index (χ3v) is 2.99. The zero-order valence-corrected chi connectivity index (χ0v) is 11.2. The average Bonchev–Trinajstić information content (AvgIpc) is 2.24. The zero-order chi connectivity index (χ0) is 11.8. The largest absolute Gasteiger partial charge is 0.0788 e. The maximum Gasteiger partial charge on any atom is -0.0259 e. The van der Waals surface area contributed by atoms with Crippen molar-refractivity contribution < 1.29 is 0 Å². The normalized spacial score (nSPS) is 16.8. The smallest absolute Gasteiger partial charge is 0.0259 e. The summed E-state index contributed by atoms with van der Waals surface area (Å²) in [5, 5.41) is 0. The van der Waals surface area contributed by atoms with Gasteiger partial charge < -0.3 is 0 Å². The lowest BCUT2D eigenvalue weighted by Gasteiger charge is -2.02. The molecule has 0 aromatic heterocycles. The maximum absolute atomic E-state index is 2.34. The van der Waals surface area contributed by atoms with Gasteiger partial charge in [-0.05, 0) is 33.1 Å². The monoisotopic (exact) mass is 206 g/mol. The third kappa shape index (κ3) is 6.33. The van der Waals surface area contributed by atoms with Crippen molar-refractivity contribution in [3.8, 4) is 0 Å². The molecule has 0 saturated heterocycles. The first-order valence-corrected chi connectivity index (χ1v) is 6.04. The minimum absolute atomic E-state index is 0.686. The second kappa shape index (κ2) is 7.50. The summed E-state index contributed by atoms with van der Waals surface area (Å²) in [5.74, 6) is 0.686. The van der Waals surface area contributed by atoms with E-state index in [1.54, 1.807) is 0 Å². The summed E-state index contributed by atoms with van der Waals surface area (Å²) in [6, 6.07) is 0. The highest BCUT2D eigenvalue weighted by atomic mass is 14.0. The van der Waals surface area contributed by atoms with Crippen LogP contribution in [0.4, 0.5) is 0 Å². The maximum atomic E-state index is 2.34. The van der Waals surface area contributed by atoms with E-state index in [1.165, 1.54) is 23.1 Å². The Kier molecular flexibility index (Phi) is 7.11. The fourth-order valence-corrected chi connectivity index (χ4v) is 1.30. The molecule has 0 nitrogen and oxygen atoms in total. The Bertz CT molecular complexity index is 264. The molecule has 0 aliphatic rings. The molecule has 1 unspecified atom stereocenters. The molecule has 86 valence electrons. The van der Waals surface area contributed by atoms with Crippen molar-refractivity contribution in [1.82, 2.24) is 0 Å². The molecule has 0 radical (unpaired) electrons. The molecular weight excluding hydrogens is 180 g/mol. The van der Waals surface area contributed by atoms with Crippen LogP contribution in [0, 0.1) is 5.92 Å².